The number of fused-ring (bicyclic) bond motifs is 1. The zero-order chi connectivity index (χ0) is 14.5. The maximum Gasteiger partial charge on any atom is 0.427 e. The van der Waals surface area contributed by atoms with E-state index in [0.717, 1.165) is 23.0 Å². The lowest BCUT2D eigenvalue weighted by molar-refractivity contribution is 0.152. The normalized spacial score (nSPS) is 11.7. The highest BCUT2D eigenvalue weighted by atomic mass is 16.5. The van der Waals surface area contributed by atoms with Crippen LogP contribution in [-0.4, -0.2) is 18.4 Å². The smallest absolute Gasteiger partial charge is 0.427 e. The molecule has 1 aromatic heterocycles. The molecule has 5 nitrogen and oxygen atoms in total. The van der Waals surface area contributed by atoms with Gasteiger partial charge in [-0.2, -0.15) is 5.10 Å². The number of carbonyl (C=O) groups is 1. The number of para-hydroxylation sites is 1. The van der Waals surface area contributed by atoms with Gasteiger partial charge >= 0.3 is 6.09 Å². The van der Waals surface area contributed by atoms with Gasteiger partial charge in [-0.3, -0.25) is 0 Å². The van der Waals surface area contributed by atoms with E-state index in [9.17, 15) is 4.79 Å². The van der Waals surface area contributed by atoms with Crippen molar-refractivity contribution in [3.63, 3.8) is 0 Å². The second-order valence-corrected chi connectivity index (χ2v) is 4.29. The highest BCUT2D eigenvalue weighted by Gasteiger charge is 2.15. The topological polar surface area (TPSA) is 63.8 Å². The van der Waals surface area contributed by atoms with E-state index in [4.69, 9.17) is 9.15 Å². The Balaban J connectivity index is 2.32. The number of amides is 1. The Bertz CT molecular complexity index is 644. The van der Waals surface area contributed by atoms with E-state index in [2.05, 4.69) is 17.5 Å². The van der Waals surface area contributed by atoms with Gasteiger partial charge in [0, 0.05) is 10.9 Å². The number of nitrogens with one attached hydrogen (secondary N) is 1. The van der Waals surface area contributed by atoms with Gasteiger partial charge in [0.1, 0.15) is 11.3 Å². The first-order valence-corrected chi connectivity index (χ1v) is 6.65. The molecule has 0 bridgehead atoms. The average Bonchev–Trinajstić information content (AvgIpc) is 2.83. The predicted molar refractivity (Wildman–Crippen MR) is 78.0 cm³/mol. The van der Waals surface area contributed by atoms with Gasteiger partial charge in [-0.05, 0) is 26.3 Å². The standard InChI is InChI=1S/C15H18N2O3/c1-4-11-12-8-6-7-9-13(12)20-14(11)10(3)16-17-15(18)19-5-2/h6-9H,4-5H2,1-3H3,(H,17,18)/b16-10-. The van der Waals surface area contributed by atoms with E-state index < -0.39 is 6.09 Å². The molecular formula is C15H18N2O3. The molecule has 0 aliphatic carbocycles. The molecule has 0 atom stereocenters. The monoisotopic (exact) mass is 274 g/mol. The number of ether oxygens (including phenoxy) is 1. The first-order chi connectivity index (χ1) is 9.67. The fourth-order valence-corrected chi connectivity index (χ4v) is 2.09. The van der Waals surface area contributed by atoms with Crippen LogP contribution in [0.4, 0.5) is 4.79 Å². The van der Waals surface area contributed by atoms with Crippen LogP contribution < -0.4 is 5.43 Å². The van der Waals surface area contributed by atoms with Crippen molar-refractivity contribution in [1.29, 1.82) is 0 Å². The van der Waals surface area contributed by atoms with Crippen molar-refractivity contribution in [2.24, 2.45) is 5.10 Å². The summed E-state index contributed by atoms with van der Waals surface area (Å²) in [5.74, 6) is 0.700. The summed E-state index contributed by atoms with van der Waals surface area (Å²) in [6, 6.07) is 7.85. The van der Waals surface area contributed by atoms with Crippen LogP contribution in [0.25, 0.3) is 11.0 Å². The Morgan fingerprint density at radius 1 is 1.35 bits per heavy atom. The second-order valence-electron chi connectivity index (χ2n) is 4.29. The highest BCUT2D eigenvalue weighted by molar-refractivity contribution is 6.02. The summed E-state index contributed by atoms with van der Waals surface area (Å²) in [7, 11) is 0. The van der Waals surface area contributed by atoms with Crippen molar-refractivity contribution >= 4 is 22.8 Å². The van der Waals surface area contributed by atoms with E-state index in [1.54, 1.807) is 13.8 Å². The quantitative estimate of drug-likeness (QED) is 0.686. The third-order valence-electron chi connectivity index (χ3n) is 2.97. The molecule has 2 aromatic rings. The zero-order valence-electron chi connectivity index (χ0n) is 11.9. The number of benzene rings is 1. The molecule has 0 unspecified atom stereocenters. The molecule has 0 aliphatic heterocycles. The molecule has 0 aliphatic rings. The summed E-state index contributed by atoms with van der Waals surface area (Å²) in [6.45, 7) is 5.91. The van der Waals surface area contributed by atoms with Gasteiger partial charge < -0.3 is 9.15 Å². The van der Waals surface area contributed by atoms with E-state index in [1.807, 2.05) is 24.3 Å². The van der Waals surface area contributed by atoms with Gasteiger partial charge in [-0.25, -0.2) is 10.2 Å². The van der Waals surface area contributed by atoms with E-state index in [-0.39, 0.29) is 0 Å². The summed E-state index contributed by atoms with van der Waals surface area (Å²) >= 11 is 0. The number of furan rings is 1. The lowest BCUT2D eigenvalue weighted by atomic mass is 10.1. The SMILES string of the molecule is CCOC(=O)N/N=C(/C)c1oc2ccccc2c1CC. The summed E-state index contributed by atoms with van der Waals surface area (Å²) < 4.78 is 10.6. The maximum atomic E-state index is 11.2. The van der Waals surface area contributed by atoms with E-state index >= 15 is 0 Å². The summed E-state index contributed by atoms with van der Waals surface area (Å²) in [5.41, 5.74) is 4.88. The molecule has 0 saturated heterocycles. The van der Waals surface area contributed by atoms with E-state index in [1.165, 1.54) is 0 Å². The summed E-state index contributed by atoms with van der Waals surface area (Å²) in [5, 5.41) is 5.09. The molecule has 5 heteroatoms. The summed E-state index contributed by atoms with van der Waals surface area (Å²) in [6.07, 6.45) is 0.263. The lowest BCUT2D eigenvalue weighted by Gasteiger charge is -2.02. The van der Waals surface area contributed by atoms with Gasteiger partial charge in [0.05, 0.1) is 6.61 Å². The molecule has 0 saturated carbocycles. The molecule has 20 heavy (non-hydrogen) atoms. The van der Waals surface area contributed by atoms with Crippen LogP contribution in [0.15, 0.2) is 33.8 Å². The molecule has 106 valence electrons. The Morgan fingerprint density at radius 3 is 2.80 bits per heavy atom. The minimum atomic E-state index is -0.569. The van der Waals surface area contributed by atoms with Gasteiger partial charge in [-0.1, -0.05) is 25.1 Å². The number of aryl methyl sites for hydroxylation is 1. The number of rotatable bonds is 4. The molecule has 0 radical (unpaired) electrons. The number of hydrogen-bond donors (Lipinski definition) is 1. The van der Waals surface area contributed by atoms with Gasteiger partial charge in [0.25, 0.3) is 0 Å². The van der Waals surface area contributed by atoms with Gasteiger partial charge in [-0.15, -0.1) is 0 Å². The van der Waals surface area contributed by atoms with Gasteiger partial charge in [0.15, 0.2) is 5.76 Å². The van der Waals surface area contributed by atoms with Crippen LogP contribution >= 0.6 is 0 Å². The van der Waals surface area contributed by atoms with Crippen molar-refractivity contribution in [2.75, 3.05) is 6.61 Å². The Morgan fingerprint density at radius 2 is 2.10 bits per heavy atom. The third kappa shape index (κ3) is 2.82. The molecule has 1 amide bonds. The molecule has 2 rings (SSSR count). The first kappa shape index (κ1) is 14.1. The van der Waals surface area contributed by atoms with Crippen molar-refractivity contribution < 1.29 is 13.9 Å². The highest BCUT2D eigenvalue weighted by Crippen LogP contribution is 2.26. The Hall–Kier alpha value is -2.30. The van der Waals surface area contributed by atoms with Crippen LogP contribution in [0.5, 0.6) is 0 Å². The molecule has 1 heterocycles. The number of hydrazone groups is 1. The van der Waals surface area contributed by atoms with Crippen LogP contribution in [0.3, 0.4) is 0 Å². The fourth-order valence-electron chi connectivity index (χ4n) is 2.09. The molecule has 1 aromatic carbocycles. The van der Waals surface area contributed by atoms with Gasteiger partial charge in [0.2, 0.25) is 0 Å². The molecule has 1 N–H and O–H groups in total. The number of hydrogen-bond acceptors (Lipinski definition) is 4. The van der Waals surface area contributed by atoms with Crippen LogP contribution in [-0.2, 0) is 11.2 Å². The van der Waals surface area contributed by atoms with Crippen LogP contribution in [0.1, 0.15) is 32.1 Å². The van der Waals surface area contributed by atoms with Crippen LogP contribution in [0, 0.1) is 0 Å². The van der Waals surface area contributed by atoms with Crippen LogP contribution in [0.2, 0.25) is 0 Å². The number of nitrogens with zero attached hydrogens (tertiary/aromatic N) is 1. The second kappa shape index (κ2) is 6.23. The predicted octanol–water partition coefficient (Wildman–Crippen LogP) is 3.47. The minimum absolute atomic E-state index is 0.311. The first-order valence-electron chi connectivity index (χ1n) is 6.65. The lowest BCUT2D eigenvalue weighted by Crippen LogP contribution is -2.20. The Kier molecular flexibility index (Phi) is 4.40. The molecule has 0 spiro atoms. The fraction of sp³-hybridized carbons (Fsp3) is 0.333. The van der Waals surface area contributed by atoms with Crippen molar-refractivity contribution in [3.05, 3.63) is 35.6 Å². The third-order valence-corrected chi connectivity index (χ3v) is 2.97. The maximum absolute atomic E-state index is 11.2. The Labute approximate surface area is 117 Å². The van der Waals surface area contributed by atoms with Crippen molar-refractivity contribution in [1.82, 2.24) is 5.43 Å². The van der Waals surface area contributed by atoms with Crippen molar-refractivity contribution in [3.8, 4) is 0 Å². The average molecular weight is 274 g/mol. The largest absolute Gasteiger partial charge is 0.454 e. The summed E-state index contributed by atoms with van der Waals surface area (Å²) in [4.78, 5) is 11.2. The van der Waals surface area contributed by atoms with E-state index in [0.29, 0.717) is 18.1 Å². The van der Waals surface area contributed by atoms with Crippen molar-refractivity contribution in [2.45, 2.75) is 27.2 Å². The zero-order valence-corrected chi connectivity index (χ0v) is 11.9. The molecular weight excluding hydrogens is 256 g/mol. The molecule has 0 fully saturated rings. The number of carbonyl (C=O) groups excluding carboxylic acids is 1. The minimum Gasteiger partial charge on any atom is -0.454 e.